The van der Waals surface area contributed by atoms with Gasteiger partial charge in [-0.1, -0.05) is 16.8 Å². The molecule has 19 heavy (non-hydrogen) atoms. The maximum atomic E-state index is 8.83. The monoisotopic (exact) mass is 294 g/mol. The van der Waals surface area contributed by atoms with E-state index in [-0.39, 0.29) is 5.84 Å². The van der Waals surface area contributed by atoms with Crippen molar-refractivity contribution >= 4 is 29.2 Å². The van der Waals surface area contributed by atoms with Crippen LogP contribution in [0.3, 0.4) is 0 Å². The molecule has 0 saturated heterocycles. The molecule has 0 aliphatic heterocycles. The van der Waals surface area contributed by atoms with Crippen molar-refractivity contribution in [2.75, 3.05) is 0 Å². The van der Waals surface area contributed by atoms with E-state index in [2.05, 4.69) is 15.1 Å². The molecule has 0 aliphatic carbocycles. The summed E-state index contributed by atoms with van der Waals surface area (Å²) in [6, 6.07) is 5.33. The molecule has 0 spiro atoms. The van der Waals surface area contributed by atoms with Crippen molar-refractivity contribution in [1.82, 2.24) is 9.97 Å². The summed E-state index contributed by atoms with van der Waals surface area (Å²) in [6.45, 7) is 1.87. The summed E-state index contributed by atoms with van der Waals surface area (Å²) in [7, 11) is 0. The highest BCUT2D eigenvalue weighted by Gasteiger charge is 2.13. The van der Waals surface area contributed by atoms with Crippen LogP contribution in [0, 0.1) is 6.92 Å². The average Bonchev–Trinajstić information content (AvgIpc) is 2.41. The lowest BCUT2D eigenvalue weighted by molar-refractivity contribution is 0.318. The number of nitrogens with zero attached hydrogens (tertiary/aromatic N) is 3. The summed E-state index contributed by atoms with van der Waals surface area (Å²) >= 11 is 7.11. The second kappa shape index (κ2) is 5.90. The third-order valence-electron chi connectivity index (χ3n) is 2.39. The van der Waals surface area contributed by atoms with Gasteiger partial charge in [-0.05, 0) is 42.4 Å². The van der Waals surface area contributed by atoms with Gasteiger partial charge in [0.2, 0.25) is 0 Å². The van der Waals surface area contributed by atoms with E-state index in [0.29, 0.717) is 15.6 Å². The van der Waals surface area contributed by atoms with Crippen LogP contribution in [-0.2, 0) is 0 Å². The Hall–Kier alpha value is -1.79. The van der Waals surface area contributed by atoms with Gasteiger partial charge in [-0.2, -0.15) is 0 Å². The van der Waals surface area contributed by atoms with Crippen LogP contribution in [0.25, 0.3) is 0 Å². The third-order valence-corrected chi connectivity index (χ3v) is 3.57. The van der Waals surface area contributed by atoms with Gasteiger partial charge in [0.25, 0.3) is 0 Å². The summed E-state index contributed by atoms with van der Waals surface area (Å²) in [5.74, 6) is 0.0297. The first-order chi connectivity index (χ1) is 9.11. The first kappa shape index (κ1) is 13.6. The zero-order valence-corrected chi connectivity index (χ0v) is 11.6. The lowest BCUT2D eigenvalue weighted by Crippen LogP contribution is -2.16. The summed E-state index contributed by atoms with van der Waals surface area (Å²) in [5, 5.41) is 13.8. The molecule has 0 aromatic carbocycles. The Balaban J connectivity index is 2.40. The zero-order chi connectivity index (χ0) is 13.8. The fraction of sp³-hybridized carbons (Fsp3) is 0.0833. The van der Waals surface area contributed by atoms with Crippen LogP contribution >= 0.6 is 23.4 Å². The number of aryl methyl sites for hydroxylation is 1. The van der Waals surface area contributed by atoms with Gasteiger partial charge in [-0.25, -0.2) is 9.97 Å². The maximum absolute atomic E-state index is 8.83. The molecule has 0 radical (unpaired) electrons. The highest BCUT2D eigenvalue weighted by Crippen LogP contribution is 2.29. The van der Waals surface area contributed by atoms with E-state index in [1.165, 1.54) is 11.8 Å². The molecule has 0 aliphatic rings. The SMILES string of the molecule is Cc1ccnc(Sc2ccc(Cl)cn2)c1/C(N)=N/O. The number of oxime groups is 1. The number of halogens is 1. The normalized spacial score (nSPS) is 11.6. The predicted molar refractivity (Wildman–Crippen MR) is 74.9 cm³/mol. The molecule has 0 unspecified atom stereocenters. The molecule has 7 heteroatoms. The summed E-state index contributed by atoms with van der Waals surface area (Å²) < 4.78 is 0. The second-order valence-electron chi connectivity index (χ2n) is 3.71. The molecule has 0 atom stereocenters. The molecular formula is C12H11ClN4OS. The van der Waals surface area contributed by atoms with Crippen molar-refractivity contribution in [3.05, 3.63) is 46.7 Å². The van der Waals surface area contributed by atoms with Crippen LogP contribution < -0.4 is 5.73 Å². The fourth-order valence-corrected chi connectivity index (χ4v) is 2.53. The Morgan fingerprint density at radius 3 is 2.79 bits per heavy atom. The average molecular weight is 295 g/mol. The Labute approximate surface area is 119 Å². The van der Waals surface area contributed by atoms with Crippen LogP contribution in [0.2, 0.25) is 5.02 Å². The molecule has 0 saturated carbocycles. The fourth-order valence-electron chi connectivity index (χ4n) is 1.49. The van der Waals surface area contributed by atoms with Crippen LogP contribution in [0.15, 0.2) is 45.8 Å². The number of nitrogens with two attached hydrogens (primary N) is 1. The summed E-state index contributed by atoms with van der Waals surface area (Å²) in [6.07, 6.45) is 3.23. The van der Waals surface area contributed by atoms with Gasteiger partial charge < -0.3 is 10.9 Å². The zero-order valence-electron chi connectivity index (χ0n) is 10.0. The number of hydrogen-bond donors (Lipinski definition) is 2. The van der Waals surface area contributed by atoms with Crippen LogP contribution in [0.5, 0.6) is 0 Å². The number of hydrogen-bond acceptors (Lipinski definition) is 5. The topological polar surface area (TPSA) is 84.4 Å². The second-order valence-corrected chi connectivity index (χ2v) is 5.16. The molecule has 0 bridgehead atoms. The third kappa shape index (κ3) is 3.15. The smallest absolute Gasteiger partial charge is 0.173 e. The lowest BCUT2D eigenvalue weighted by atomic mass is 10.1. The highest BCUT2D eigenvalue weighted by atomic mass is 35.5. The van der Waals surface area contributed by atoms with Gasteiger partial charge in [-0.3, -0.25) is 0 Å². The van der Waals surface area contributed by atoms with E-state index in [1.807, 2.05) is 6.92 Å². The Kier molecular flexibility index (Phi) is 4.24. The predicted octanol–water partition coefficient (Wildman–Crippen LogP) is 2.68. The standard InChI is InChI=1S/C12H11ClN4OS/c1-7-4-5-15-12(10(7)11(14)17-18)19-9-3-2-8(13)6-16-9/h2-6,18H,1H3,(H2,14,17). The molecule has 0 fully saturated rings. The molecule has 2 rings (SSSR count). The molecule has 2 heterocycles. The largest absolute Gasteiger partial charge is 0.409 e. The van der Waals surface area contributed by atoms with E-state index in [4.69, 9.17) is 22.5 Å². The Morgan fingerprint density at radius 2 is 2.16 bits per heavy atom. The Morgan fingerprint density at radius 1 is 1.37 bits per heavy atom. The lowest BCUT2D eigenvalue weighted by Gasteiger charge is -2.09. The van der Waals surface area contributed by atoms with Gasteiger partial charge >= 0.3 is 0 Å². The molecule has 3 N–H and O–H groups in total. The van der Waals surface area contributed by atoms with Crippen molar-refractivity contribution in [1.29, 1.82) is 0 Å². The molecule has 98 valence electrons. The van der Waals surface area contributed by atoms with Crippen molar-refractivity contribution in [3.8, 4) is 0 Å². The van der Waals surface area contributed by atoms with E-state index in [0.717, 1.165) is 10.6 Å². The minimum absolute atomic E-state index is 0.0297. The summed E-state index contributed by atoms with van der Waals surface area (Å²) in [5.41, 5.74) is 7.16. The van der Waals surface area contributed by atoms with E-state index in [9.17, 15) is 0 Å². The van der Waals surface area contributed by atoms with Crippen molar-refractivity contribution in [2.24, 2.45) is 10.9 Å². The first-order valence-electron chi connectivity index (χ1n) is 5.34. The minimum atomic E-state index is 0.0297. The maximum Gasteiger partial charge on any atom is 0.173 e. The number of rotatable bonds is 3. The van der Waals surface area contributed by atoms with Gasteiger partial charge in [0.1, 0.15) is 10.1 Å². The Bertz CT molecular complexity index is 616. The van der Waals surface area contributed by atoms with Gasteiger partial charge in [-0.15, -0.1) is 0 Å². The number of aromatic nitrogens is 2. The van der Waals surface area contributed by atoms with Crippen LogP contribution in [-0.4, -0.2) is 21.0 Å². The highest BCUT2D eigenvalue weighted by molar-refractivity contribution is 7.99. The molecule has 5 nitrogen and oxygen atoms in total. The summed E-state index contributed by atoms with van der Waals surface area (Å²) in [4.78, 5) is 8.42. The first-order valence-corrected chi connectivity index (χ1v) is 6.54. The number of pyridine rings is 2. The van der Waals surface area contributed by atoms with E-state index < -0.39 is 0 Å². The van der Waals surface area contributed by atoms with Crippen LogP contribution in [0.4, 0.5) is 0 Å². The minimum Gasteiger partial charge on any atom is -0.409 e. The van der Waals surface area contributed by atoms with Crippen molar-refractivity contribution < 1.29 is 5.21 Å². The number of amidine groups is 1. The molecular weight excluding hydrogens is 284 g/mol. The van der Waals surface area contributed by atoms with E-state index >= 15 is 0 Å². The van der Waals surface area contributed by atoms with E-state index in [1.54, 1.807) is 30.6 Å². The van der Waals surface area contributed by atoms with Crippen LogP contribution in [0.1, 0.15) is 11.1 Å². The van der Waals surface area contributed by atoms with Gasteiger partial charge in [0.15, 0.2) is 5.84 Å². The molecule has 2 aromatic rings. The van der Waals surface area contributed by atoms with Crippen molar-refractivity contribution in [2.45, 2.75) is 17.0 Å². The molecule has 2 aromatic heterocycles. The molecule has 0 amide bonds. The van der Waals surface area contributed by atoms with Gasteiger partial charge in [0.05, 0.1) is 10.6 Å². The quantitative estimate of drug-likeness (QED) is 0.393. The van der Waals surface area contributed by atoms with Crippen molar-refractivity contribution in [3.63, 3.8) is 0 Å². The van der Waals surface area contributed by atoms with Gasteiger partial charge in [0, 0.05) is 12.4 Å².